The monoisotopic (exact) mass is 470 g/mol. The fourth-order valence-corrected chi connectivity index (χ4v) is 5.68. The second-order valence-electron chi connectivity index (χ2n) is 11.0. The molecule has 188 valence electrons. The maximum Gasteiger partial charge on any atom is 0.245 e. The lowest BCUT2D eigenvalue weighted by atomic mass is 9.88. The smallest absolute Gasteiger partial charge is 0.245 e. The molecule has 2 aliphatic rings. The van der Waals surface area contributed by atoms with Crippen molar-refractivity contribution in [2.75, 3.05) is 7.05 Å². The van der Waals surface area contributed by atoms with E-state index in [9.17, 15) is 19.5 Å². The number of hydrogen-bond acceptors (Lipinski definition) is 4. The van der Waals surface area contributed by atoms with Gasteiger partial charge in [-0.05, 0) is 36.7 Å². The van der Waals surface area contributed by atoms with Crippen molar-refractivity contribution in [1.29, 1.82) is 0 Å². The van der Waals surface area contributed by atoms with Gasteiger partial charge in [-0.1, -0.05) is 77.3 Å². The van der Waals surface area contributed by atoms with Crippen molar-refractivity contribution in [2.45, 2.75) is 90.3 Å². The fraction of sp³-hybridized carbons (Fsp3) is 0.679. The van der Waals surface area contributed by atoms with Crippen LogP contribution >= 0.6 is 0 Å². The molecule has 0 aliphatic heterocycles. The van der Waals surface area contributed by atoms with Gasteiger partial charge in [0.25, 0.3) is 0 Å². The molecule has 5 atom stereocenters. The van der Waals surface area contributed by atoms with Crippen LogP contribution in [0.3, 0.4) is 0 Å². The van der Waals surface area contributed by atoms with E-state index in [1.54, 1.807) is 11.9 Å². The molecule has 2 aliphatic carbocycles. The third kappa shape index (κ3) is 6.07. The summed E-state index contributed by atoms with van der Waals surface area (Å²) in [7, 11) is 1.70. The fourth-order valence-electron chi connectivity index (χ4n) is 5.68. The van der Waals surface area contributed by atoms with Gasteiger partial charge < -0.3 is 15.3 Å². The first-order valence-corrected chi connectivity index (χ1v) is 13.0. The second kappa shape index (κ2) is 11.5. The molecule has 0 radical (unpaired) electrons. The summed E-state index contributed by atoms with van der Waals surface area (Å²) in [6.45, 7) is 7.99. The van der Waals surface area contributed by atoms with Crippen LogP contribution < -0.4 is 5.32 Å². The number of aliphatic hydroxyl groups excluding tert-OH is 1. The number of carbonyl (C=O) groups is 3. The van der Waals surface area contributed by atoms with E-state index in [2.05, 4.69) is 5.32 Å². The Morgan fingerprint density at radius 2 is 1.68 bits per heavy atom. The Bertz CT molecular complexity index is 847. The minimum atomic E-state index is -0.958. The van der Waals surface area contributed by atoms with Crippen LogP contribution in [0, 0.1) is 23.7 Å². The second-order valence-corrected chi connectivity index (χ2v) is 11.0. The third-order valence-electron chi connectivity index (χ3n) is 7.54. The third-order valence-corrected chi connectivity index (χ3v) is 7.54. The van der Waals surface area contributed by atoms with Gasteiger partial charge in [-0.15, -0.1) is 0 Å². The van der Waals surface area contributed by atoms with Gasteiger partial charge in [-0.3, -0.25) is 14.4 Å². The lowest BCUT2D eigenvalue weighted by Gasteiger charge is -2.37. The van der Waals surface area contributed by atoms with Crippen molar-refractivity contribution < 1.29 is 19.5 Å². The number of carbonyl (C=O) groups excluding carboxylic acids is 3. The highest BCUT2D eigenvalue weighted by Crippen LogP contribution is 2.47. The minimum Gasteiger partial charge on any atom is -0.390 e. The first-order valence-electron chi connectivity index (χ1n) is 13.0. The number of amides is 2. The highest BCUT2D eigenvalue weighted by molar-refractivity contribution is 6.05. The Balaban J connectivity index is 1.74. The number of ketones is 1. The molecular formula is C28H42N2O4. The number of likely N-dealkylation sites (N-methyl/N-ethyl adjacent to an activating group) is 1. The predicted molar refractivity (Wildman–Crippen MR) is 133 cm³/mol. The summed E-state index contributed by atoms with van der Waals surface area (Å²) in [5, 5.41) is 14.3. The SMILES string of the molecule is CC(C)C[C@H](NC(=O)C1CCCCC1)C(=O)N(C)[C@@H](C(C)C)[C@@H](O)C1C(=O)C1c1ccccc1. The maximum absolute atomic E-state index is 13.6. The first-order chi connectivity index (χ1) is 16.1. The molecule has 0 heterocycles. The molecule has 3 rings (SSSR count). The topological polar surface area (TPSA) is 86.7 Å². The van der Waals surface area contributed by atoms with Crippen LogP contribution in [0.15, 0.2) is 30.3 Å². The standard InChI is InChI=1S/C28H42N2O4/c1-17(2)16-21(29-27(33)20-14-10-7-11-15-20)28(34)30(5)24(18(3)4)26(32)23-22(25(23)31)19-12-8-6-9-13-19/h6,8-9,12-13,17-18,20-24,26,32H,7,10-11,14-16H2,1-5H3,(H,29,33)/t21-,22?,23?,24-,26-/m0/s1. The summed E-state index contributed by atoms with van der Waals surface area (Å²) in [4.78, 5) is 40.8. The van der Waals surface area contributed by atoms with E-state index in [0.29, 0.717) is 6.42 Å². The lowest BCUT2D eigenvalue weighted by Crippen LogP contribution is -2.56. The number of hydrogen-bond donors (Lipinski definition) is 2. The van der Waals surface area contributed by atoms with Crippen LogP contribution in [-0.4, -0.2) is 52.8 Å². The van der Waals surface area contributed by atoms with Crippen molar-refractivity contribution in [2.24, 2.45) is 23.7 Å². The number of Topliss-reactive ketones (excluding diaryl/α,β-unsaturated/α-hetero) is 1. The van der Waals surface area contributed by atoms with E-state index < -0.39 is 24.1 Å². The zero-order valence-corrected chi connectivity index (χ0v) is 21.4. The molecule has 2 amide bonds. The van der Waals surface area contributed by atoms with Crippen LogP contribution in [0.5, 0.6) is 0 Å². The van der Waals surface area contributed by atoms with Crippen molar-refractivity contribution >= 4 is 17.6 Å². The number of aliphatic hydroxyl groups is 1. The molecular weight excluding hydrogens is 428 g/mol. The molecule has 6 nitrogen and oxygen atoms in total. The van der Waals surface area contributed by atoms with Crippen molar-refractivity contribution in [3.8, 4) is 0 Å². The number of benzene rings is 1. The normalized spacial score (nSPS) is 23.5. The zero-order valence-electron chi connectivity index (χ0n) is 21.4. The molecule has 2 unspecified atom stereocenters. The summed E-state index contributed by atoms with van der Waals surface area (Å²) in [6.07, 6.45) is 4.61. The van der Waals surface area contributed by atoms with Crippen molar-refractivity contribution in [3.05, 3.63) is 35.9 Å². The molecule has 2 saturated carbocycles. The Hall–Kier alpha value is -2.21. The van der Waals surface area contributed by atoms with Gasteiger partial charge in [0.2, 0.25) is 11.8 Å². The van der Waals surface area contributed by atoms with Gasteiger partial charge in [0, 0.05) is 13.0 Å². The Morgan fingerprint density at radius 3 is 2.24 bits per heavy atom. The largest absolute Gasteiger partial charge is 0.390 e. The van der Waals surface area contributed by atoms with Crippen LogP contribution in [-0.2, 0) is 14.4 Å². The van der Waals surface area contributed by atoms with E-state index in [1.807, 2.05) is 58.0 Å². The zero-order chi connectivity index (χ0) is 25.0. The number of rotatable bonds is 10. The Labute approximate surface area is 204 Å². The Morgan fingerprint density at radius 1 is 1.06 bits per heavy atom. The maximum atomic E-state index is 13.6. The van der Waals surface area contributed by atoms with E-state index in [-0.39, 0.29) is 41.3 Å². The molecule has 1 aromatic rings. The minimum absolute atomic E-state index is 0.0227. The molecule has 0 spiro atoms. The number of nitrogens with one attached hydrogen (secondary N) is 1. The van der Waals surface area contributed by atoms with Crippen LogP contribution in [0.4, 0.5) is 0 Å². The van der Waals surface area contributed by atoms with Gasteiger partial charge in [0.1, 0.15) is 11.8 Å². The summed E-state index contributed by atoms with van der Waals surface area (Å²) < 4.78 is 0. The summed E-state index contributed by atoms with van der Waals surface area (Å²) in [6, 6.07) is 8.37. The van der Waals surface area contributed by atoms with Gasteiger partial charge in [-0.2, -0.15) is 0 Å². The summed E-state index contributed by atoms with van der Waals surface area (Å²) in [5.41, 5.74) is 0.908. The molecule has 0 bridgehead atoms. The molecule has 34 heavy (non-hydrogen) atoms. The van der Waals surface area contributed by atoms with E-state index >= 15 is 0 Å². The number of nitrogens with zero attached hydrogens (tertiary/aromatic N) is 1. The van der Waals surface area contributed by atoms with Crippen LogP contribution in [0.2, 0.25) is 0 Å². The first kappa shape index (κ1) is 26.4. The van der Waals surface area contributed by atoms with Crippen molar-refractivity contribution in [3.63, 3.8) is 0 Å². The van der Waals surface area contributed by atoms with E-state index in [4.69, 9.17) is 0 Å². The molecule has 0 aromatic heterocycles. The van der Waals surface area contributed by atoms with Gasteiger partial charge in [-0.25, -0.2) is 0 Å². The van der Waals surface area contributed by atoms with Crippen LogP contribution in [0.1, 0.15) is 77.7 Å². The predicted octanol–water partition coefficient (Wildman–Crippen LogP) is 3.92. The van der Waals surface area contributed by atoms with E-state index in [0.717, 1.165) is 31.2 Å². The average molecular weight is 471 g/mol. The molecule has 6 heteroatoms. The van der Waals surface area contributed by atoms with Crippen molar-refractivity contribution in [1.82, 2.24) is 10.2 Å². The quantitative estimate of drug-likeness (QED) is 0.543. The average Bonchev–Trinajstić information content (AvgIpc) is 3.49. The lowest BCUT2D eigenvalue weighted by molar-refractivity contribution is -0.142. The Kier molecular flexibility index (Phi) is 8.91. The molecule has 2 fully saturated rings. The highest BCUT2D eigenvalue weighted by atomic mass is 16.3. The van der Waals surface area contributed by atoms with Gasteiger partial charge in [0.05, 0.1) is 24.0 Å². The summed E-state index contributed by atoms with van der Waals surface area (Å²) in [5.74, 6) is -0.885. The van der Waals surface area contributed by atoms with Crippen LogP contribution in [0.25, 0.3) is 0 Å². The molecule has 0 saturated heterocycles. The molecule has 1 aromatic carbocycles. The molecule has 2 N–H and O–H groups in total. The van der Waals surface area contributed by atoms with Gasteiger partial charge >= 0.3 is 0 Å². The highest BCUT2D eigenvalue weighted by Gasteiger charge is 2.57. The van der Waals surface area contributed by atoms with E-state index in [1.165, 1.54) is 6.42 Å². The summed E-state index contributed by atoms with van der Waals surface area (Å²) >= 11 is 0. The van der Waals surface area contributed by atoms with Gasteiger partial charge in [0.15, 0.2) is 0 Å².